The standard InChI is InChI=1S/C24H26FN5O2S/c1-5-12-30-22(17(4)26-23(32)19-9-7-6-8-15(19)2)28-29-24(30)33-14-21(31)27-20-13-18(25)11-10-16(20)3/h5-11,13,17H,1,12,14H2,2-4H3,(H,26,32)(H,27,31)/t17-/m1/s1. The Morgan fingerprint density at radius 2 is 1.94 bits per heavy atom. The van der Waals surface area contributed by atoms with Crippen molar-refractivity contribution in [3.63, 3.8) is 0 Å². The highest BCUT2D eigenvalue weighted by molar-refractivity contribution is 7.99. The first-order valence-electron chi connectivity index (χ1n) is 10.4. The number of halogens is 1. The number of allylic oxidation sites excluding steroid dienone is 1. The van der Waals surface area contributed by atoms with Gasteiger partial charge in [-0.1, -0.05) is 42.1 Å². The van der Waals surface area contributed by atoms with Gasteiger partial charge in [-0.3, -0.25) is 9.59 Å². The van der Waals surface area contributed by atoms with E-state index in [1.54, 1.807) is 29.7 Å². The van der Waals surface area contributed by atoms with Gasteiger partial charge in [0.25, 0.3) is 5.91 Å². The second-order valence-electron chi connectivity index (χ2n) is 7.55. The van der Waals surface area contributed by atoms with Crippen molar-refractivity contribution >= 4 is 29.3 Å². The number of nitrogens with zero attached hydrogens (tertiary/aromatic N) is 3. The van der Waals surface area contributed by atoms with E-state index in [2.05, 4.69) is 27.4 Å². The van der Waals surface area contributed by atoms with E-state index in [1.807, 2.05) is 32.0 Å². The van der Waals surface area contributed by atoms with Gasteiger partial charge in [-0.25, -0.2) is 4.39 Å². The van der Waals surface area contributed by atoms with Gasteiger partial charge in [-0.15, -0.1) is 16.8 Å². The molecule has 172 valence electrons. The summed E-state index contributed by atoms with van der Waals surface area (Å²) in [5, 5.41) is 14.6. The highest BCUT2D eigenvalue weighted by Gasteiger charge is 2.21. The van der Waals surface area contributed by atoms with Crippen molar-refractivity contribution in [1.29, 1.82) is 0 Å². The fourth-order valence-corrected chi connectivity index (χ4v) is 3.99. The van der Waals surface area contributed by atoms with E-state index in [-0.39, 0.29) is 17.6 Å². The molecule has 3 rings (SSSR count). The molecule has 0 aliphatic heterocycles. The Labute approximate surface area is 196 Å². The molecule has 0 aliphatic rings. The maximum absolute atomic E-state index is 13.5. The van der Waals surface area contributed by atoms with Gasteiger partial charge in [0.15, 0.2) is 11.0 Å². The number of aromatic nitrogens is 3. The van der Waals surface area contributed by atoms with E-state index < -0.39 is 11.9 Å². The maximum atomic E-state index is 13.5. The molecule has 3 aromatic rings. The van der Waals surface area contributed by atoms with Crippen LogP contribution in [0, 0.1) is 19.7 Å². The van der Waals surface area contributed by atoms with Crippen LogP contribution >= 0.6 is 11.8 Å². The predicted octanol–water partition coefficient (Wildman–Crippen LogP) is 4.44. The summed E-state index contributed by atoms with van der Waals surface area (Å²) >= 11 is 1.20. The van der Waals surface area contributed by atoms with Crippen molar-refractivity contribution in [1.82, 2.24) is 20.1 Å². The molecule has 0 radical (unpaired) electrons. The van der Waals surface area contributed by atoms with Gasteiger partial charge in [0, 0.05) is 17.8 Å². The molecule has 9 heteroatoms. The lowest BCUT2D eigenvalue weighted by Gasteiger charge is -2.16. The van der Waals surface area contributed by atoms with Crippen molar-refractivity contribution in [3.05, 3.63) is 83.5 Å². The number of nitrogens with one attached hydrogen (secondary N) is 2. The number of hydrogen-bond acceptors (Lipinski definition) is 5. The van der Waals surface area contributed by atoms with Crippen molar-refractivity contribution in [3.8, 4) is 0 Å². The molecule has 1 atom stereocenters. The molecule has 0 saturated heterocycles. The Balaban J connectivity index is 1.69. The zero-order valence-corrected chi connectivity index (χ0v) is 19.6. The fourth-order valence-electron chi connectivity index (χ4n) is 3.24. The van der Waals surface area contributed by atoms with Crippen LogP contribution in [0.5, 0.6) is 0 Å². The molecule has 0 fully saturated rings. The number of benzene rings is 2. The number of carbonyl (C=O) groups excluding carboxylic acids is 2. The molecular weight excluding hydrogens is 441 g/mol. The fraction of sp³-hybridized carbons (Fsp3) is 0.250. The monoisotopic (exact) mass is 467 g/mol. The number of thioether (sulfide) groups is 1. The summed E-state index contributed by atoms with van der Waals surface area (Å²) in [6.07, 6.45) is 1.70. The summed E-state index contributed by atoms with van der Waals surface area (Å²) < 4.78 is 15.3. The third kappa shape index (κ3) is 6.07. The Morgan fingerprint density at radius 1 is 1.18 bits per heavy atom. The first-order chi connectivity index (χ1) is 15.8. The SMILES string of the molecule is C=CCn1c(SCC(=O)Nc2cc(F)ccc2C)nnc1[C@@H](C)NC(=O)c1ccccc1C. The van der Waals surface area contributed by atoms with Crippen molar-refractivity contribution < 1.29 is 14.0 Å². The van der Waals surface area contributed by atoms with Crippen LogP contribution in [0.3, 0.4) is 0 Å². The molecule has 33 heavy (non-hydrogen) atoms. The number of rotatable bonds is 9. The molecule has 0 aliphatic carbocycles. The van der Waals surface area contributed by atoms with Crippen molar-refractivity contribution in [2.24, 2.45) is 0 Å². The molecule has 1 aromatic heterocycles. The largest absolute Gasteiger partial charge is 0.342 e. The summed E-state index contributed by atoms with van der Waals surface area (Å²) in [6, 6.07) is 11.2. The Morgan fingerprint density at radius 3 is 2.67 bits per heavy atom. The van der Waals surface area contributed by atoms with Gasteiger partial charge in [-0.2, -0.15) is 0 Å². The average Bonchev–Trinajstić information content (AvgIpc) is 3.18. The Bertz CT molecular complexity index is 1180. The highest BCUT2D eigenvalue weighted by Crippen LogP contribution is 2.22. The van der Waals surface area contributed by atoms with Gasteiger partial charge < -0.3 is 15.2 Å². The summed E-state index contributed by atoms with van der Waals surface area (Å²) in [4.78, 5) is 25.1. The molecule has 2 amide bonds. The lowest BCUT2D eigenvalue weighted by atomic mass is 10.1. The van der Waals surface area contributed by atoms with Crippen LogP contribution in [0.15, 0.2) is 60.3 Å². The van der Waals surface area contributed by atoms with Gasteiger partial charge in [0.05, 0.1) is 11.8 Å². The van der Waals surface area contributed by atoms with E-state index in [0.29, 0.717) is 28.8 Å². The van der Waals surface area contributed by atoms with Gasteiger partial charge in [0.1, 0.15) is 5.82 Å². The van der Waals surface area contributed by atoms with E-state index >= 15 is 0 Å². The van der Waals surface area contributed by atoms with E-state index in [4.69, 9.17) is 0 Å². The highest BCUT2D eigenvalue weighted by atomic mass is 32.2. The predicted molar refractivity (Wildman–Crippen MR) is 128 cm³/mol. The Hall–Kier alpha value is -3.46. The lowest BCUT2D eigenvalue weighted by Crippen LogP contribution is -2.29. The lowest BCUT2D eigenvalue weighted by molar-refractivity contribution is -0.113. The van der Waals surface area contributed by atoms with Gasteiger partial charge in [-0.05, 0) is 50.1 Å². The van der Waals surface area contributed by atoms with E-state index in [9.17, 15) is 14.0 Å². The smallest absolute Gasteiger partial charge is 0.252 e. The zero-order valence-electron chi connectivity index (χ0n) is 18.8. The third-order valence-corrected chi connectivity index (χ3v) is 5.95. The normalized spacial score (nSPS) is 11.6. The average molecular weight is 468 g/mol. The van der Waals surface area contributed by atoms with Crippen LogP contribution in [0.1, 0.15) is 40.3 Å². The summed E-state index contributed by atoms with van der Waals surface area (Å²) in [5.41, 5.74) is 2.68. The van der Waals surface area contributed by atoms with Crippen LogP contribution in [-0.4, -0.2) is 32.3 Å². The summed E-state index contributed by atoms with van der Waals surface area (Å²) in [6.45, 7) is 9.70. The first-order valence-corrected chi connectivity index (χ1v) is 11.4. The number of aryl methyl sites for hydroxylation is 2. The minimum atomic E-state index is -0.416. The molecule has 0 bridgehead atoms. The molecule has 0 saturated carbocycles. The minimum absolute atomic E-state index is 0.0647. The molecule has 1 heterocycles. The number of hydrogen-bond donors (Lipinski definition) is 2. The Kier molecular flexibility index (Phi) is 8.00. The van der Waals surface area contributed by atoms with Gasteiger partial charge >= 0.3 is 0 Å². The maximum Gasteiger partial charge on any atom is 0.252 e. The topological polar surface area (TPSA) is 88.9 Å². The molecule has 0 spiro atoms. The number of carbonyl (C=O) groups is 2. The van der Waals surface area contributed by atoms with Crippen molar-refractivity contribution in [2.45, 2.75) is 38.5 Å². The minimum Gasteiger partial charge on any atom is -0.342 e. The van der Waals surface area contributed by atoms with Gasteiger partial charge in [0.2, 0.25) is 5.91 Å². The molecular formula is C24H26FN5O2S. The quantitative estimate of drug-likeness (QED) is 0.359. The summed E-state index contributed by atoms with van der Waals surface area (Å²) in [7, 11) is 0. The second kappa shape index (κ2) is 10.9. The second-order valence-corrected chi connectivity index (χ2v) is 8.49. The first kappa shape index (κ1) is 24.2. The van der Waals surface area contributed by atoms with Crippen LogP contribution in [-0.2, 0) is 11.3 Å². The van der Waals surface area contributed by atoms with Crippen LogP contribution in [0.25, 0.3) is 0 Å². The van der Waals surface area contributed by atoms with Crippen LogP contribution in [0.4, 0.5) is 10.1 Å². The third-order valence-electron chi connectivity index (χ3n) is 4.99. The van der Waals surface area contributed by atoms with Crippen molar-refractivity contribution in [2.75, 3.05) is 11.1 Å². The molecule has 2 aromatic carbocycles. The van der Waals surface area contributed by atoms with E-state index in [1.165, 1.54) is 23.9 Å². The number of anilines is 1. The van der Waals surface area contributed by atoms with E-state index in [0.717, 1.165) is 11.1 Å². The number of amides is 2. The van der Waals surface area contributed by atoms with Crippen LogP contribution < -0.4 is 10.6 Å². The summed E-state index contributed by atoms with van der Waals surface area (Å²) in [5.74, 6) is -0.284. The molecule has 7 nitrogen and oxygen atoms in total. The zero-order chi connectivity index (χ0) is 24.0. The molecule has 0 unspecified atom stereocenters. The van der Waals surface area contributed by atoms with Crippen LogP contribution in [0.2, 0.25) is 0 Å². The molecule has 2 N–H and O–H groups in total.